The van der Waals surface area contributed by atoms with Crippen molar-refractivity contribution in [3.8, 4) is 0 Å². The summed E-state index contributed by atoms with van der Waals surface area (Å²) in [5.41, 5.74) is -1.33. The summed E-state index contributed by atoms with van der Waals surface area (Å²) in [6.07, 6.45) is 1.37. The number of carbonyl (C=O) groups excluding carboxylic acids is 1. The van der Waals surface area contributed by atoms with Gasteiger partial charge in [-0.15, -0.1) is 0 Å². The van der Waals surface area contributed by atoms with Crippen molar-refractivity contribution >= 4 is 12.0 Å². The number of urea groups is 1. The molecule has 2 amide bonds. The van der Waals surface area contributed by atoms with Crippen molar-refractivity contribution in [2.75, 3.05) is 33.5 Å². The third kappa shape index (κ3) is 5.51. The summed E-state index contributed by atoms with van der Waals surface area (Å²) in [6, 6.07) is -0.454. The molecule has 0 aliphatic carbocycles. The molecule has 1 rings (SSSR count). The van der Waals surface area contributed by atoms with Crippen LogP contribution in [0.3, 0.4) is 0 Å². The normalized spacial score (nSPS) is 18.0. The first-order valence-electron chi connectivity index (χ1n) is 7.17. The van der Waals surface area contributed by atoms with Crippen LogP contribution in [0.15, 0.2) is 0 Å². The number of aliphatic carboxylic acids is 1. The fraction of sp³-hybridized carbons (Fsp3) is 0.857. The van der Waals surface area contributed by atoms with E-state index in [0.717, 1.165) is 6.42 Å². The Morgan fingerprint density at radius 3 is 2.48 bits per heavy atom. The molecule has 0 unspecified atom stereocenters. The zero-order valence-corrected chi connectivity index (χ0v) is 13.0. The number of rotatable bonds is 7. The van der Waals surface area contributed by atoms with E-state index in [-0.39, 0.29) is 18.3 Å². The second kappa shape index (κ2) is 7.61. The third-order valence-electron chi connectivity index (χ3n) is 3.82. The van der Waals surface area contributed by atoms with Crippen LogP contribution < -0.4 is 10.6 Å². The highest BCUT2D eigenvalue weighted by Crippen LogP contribution is 2.22. The number of carbonyl (C=O) groups is 2. The molecule has 0 radical (unpaired) electrons. The van der Waals surface area contributed by atoms with Crippen molar-refractivity contribution < 1.29 is 24.2 Å². The molecule has 7 nitrogen and oxygen atoms in total. The Kier molecular flexibility index (Phi) is 6.42. The first-order valence-corrected chi connectivity index (χ1v) is 7.17. The van der Waals surface area contributed by atoms with E-state index in [9.17, 15) is 14.7 Å². The molecule has 0 aromatic heterocycles. The Morgan fingerprint density at radius 2 is 1.95 bits per heavy atom. The summed E-state index contributed by atoms with van der Waals surface area (Å²) in [5, 5.41) is 14.7. The Morgan fingerprint density at radius 1 is 1.33 bits per heavy atom. The molecule has 0 bridgehead atoms. The van der Waals surface area contributed by atoms with E-state index in [1.54, 1.807) is 7.11 Å². The summed E-state index contributed by atoms with van der Waals surface area (Å²) in [6.45, 7) is 5.79. The molecule has 0 saturated carbocycles. The fourth-order valence-electron chi connectivity index (χ4n) is 2.16. The van der Waals surface area contributed by atoms with Crippen LogP contribution in [0.4, 0.5) is 4.79 Å². The molecule has 1 saturated heterocycles. The lowest BCUT2D eigenvalue weighted by Gasteiger charge is -2.34. The zero-order valence-electron chi connectivity index (χ0n) is 13.0. The maximum Gasteiger partial charge on any atom is 0.329 e. The molecule has 122 valence electrons. The van der Waals surface area contributed by atoms with Crippen molar-refractivity contribution in [3.05, 3.63) is 0 Å². The number of amides is 2. The van der Waals surface area contributed by atoms with Crippen LogP contribution in [0.2, 0.25) is 0 Å². The molecule has 21 heavy (non-hydrogen) atoms. The van der Waals surface area contributed by atoms with E-state index in [2.05, 4.69) is 10.6 Å². The van der Waals surface area contributed by atoms with Crippen LogP contribution >= 0.6 is 0 Å². The van der Waals surface area contributed by atoms with Crippen LogP contribution in [0.25, 0.3) is 0 Å². The molecule has 0 atom stereocenters. The van der Waals surface area contributed by atoms with E-state index < -0.39 is 17.5 Å². The van der Waals surface area contributed by atoms with Gasteiger partial charge in [-0.2, -0.15) is 0 Å². The van der Waals surface area contributed by atoms with E-state index >= 15 is 0 Å². The van der Waals surface area contributed by atoms with Crippen molar-refractivity contribution in [2.45, 2.75) is 38.6 Å². The van der Waals surface area contributed by atoms with E-state index in [1.807, 2.05) is 13.8 Å². The molecule has 1 fully saturated rings. The van der Waals surface area contributed by atoms with Crippen molar-refractivity contribution in [1.29, 1.82) is 0 Å². The van der Waals surface area contributed by atoms with Crippen molar-refractivity contribution in [1.82, 2.24) is 10.6 Å². The molecule has 1 aliphatic heterocycles. The molecular formula is C14H26N2O5. The topological polar surface area (TPSA) is 96.9 Å². The predicted octanol–water partition coefficient (Wildman–Crippen LogP) is 0.982. The van der Waals surface area contributed by atoms with Gasteiger partial charge in [-0.3, -0.25) is 0 Å². The van der Waals surface area contributed by atoms with E-state index in [1.165, 1.54) is 0 Å². The van der Waals surface area contributed by atoms with E-state index in [4.69, 9.17) is 9.47 Å². The quantitative estimate of drug-likeness (QED) is 0.651. The standard InChI is InChI=1S/C14H26N2O5/c1-13(2,4-7-20-3)10-15-12(19)16-14(11(17)18)5-8-21-9-6-14/h4-10H2,1-3H3,(H,17,18)(H2,15,16,19). The number of nitrogens with one attached hydrogen (secondary N) is 2. The Hall–Kier alpha value is -1.34. The number of carboxylic acids is 1. The third-order valence-corrected chi connectivity index (χ3v) is 3.82. The van der Waals surface area contributed by atoms with Crippen LogP contribution in [-0.2, 0) is 14.3 Å². The lowest BCUT2D eigenvalue weighted by molar-refractivity contribution is -0.148. The smallest absolute Gasteiger partial charge is 0.329 e. The summed E-state index contributed by atoms with van der Waals surface area (Å²) < 4.78 is 10.2. The Labute approximate surface area is 125 Å². The van der Waals surface area contributed by atoms with Crippen molar-refractivity contribution in [2.24, 2.45) is 5.41 Å². The summed E-state index contributed by atoms with van der Waals surface area (Å²) in [5.74, 6) is -1.01. The van der Waals surface area contributed by atoms with Crippen molar-refractivity contribution in [3.63, 3.8) is 0 Å². The number of carboxylic acid groups (broad SMARTS) is 1. The first-order chi connectivity index (χ1) is 9.81. The van der Waals surface area contributed by atoms with E-state index in [0.29, 0.717) is 26.4 Å². The molecule has 0 aromatic rings. The van der Waals surface area contributed by atoms with Gasteiger partial charge in [-0.1, -0.05) is 13.8 Å². The van der Waals surface area contributed by atoms with Crippen LogP contribution in [0.1, 0.15) is 33.1 Å². The molecule has 0 spiro atoms. The molecule has 1 heterocycles. The molecular weight excluding hydrogens is 276 g/mol. The highest BCUT2D eigenvalue weighted by Gasteiger charge is 2.41. The second-order valence-electron chi connectivity index (χ2n) is 6.21. The zero-order chi connectivity index (χ0) is 15.9. The lowest BCUT2D eigenvalue weighted by atomic mass is 9.89. The average molecular weight is 302 g/mol. The number of ether oxygens (including phenoxy) is 2. The highest BCUT2D eigenvalue weighted by atomic mass is 16.5. The van der Waals surface area contributed by atoms with Crippen LogP contribution in [0.5, 0.6) is 0 Å². The SMILES string of the molecule is COCCC(C)(C)CNC(=O)NC1(C(=O)O)CCOCC1. The van der Waals surface area contributed by atoms with Gasteiger partial charge >= 0.3 is 12.0 Å². The summed E-state index contributed by atoms with van der Waals surface area (Å²) in [7, 11) is 1.64. The summed E-state index contributed by atoms with van der Waals surface area (Å²) >= 11 is 0. The molecule has 3 N–H and O–H groups in total. The van der Waals surface area contributed by atoms with Gasteiger partial charge in [-0.25, -0.2) is 9.59 Å². The monoisotopic (exact) mass is 302 g/mol. The van der Waals surface area contributed by atoms with Crippen LogP contribution in [-0.4, -0.2) is 56.1 Å². The maximum absolute atomic E-state index is 12.0. The molecule has 0 aromatic carbocycles. The van der Waals surface area contributed by atoms with Gasteiger partial charge in [0.2, 0.25) is 0 Å². The van der Waals surface area contributed by atoms with Gasteiger partial charge in [0.15, 0.2) is 0 Å². The first kappa shape index (κ1) is 17.7. The fourth-order valence-corrected chi connectivity index (χ4v) is 2.16. The van der Waals surface area contributed by atoms with Gasteiger partial charge in [0.05, 0.1) is 0 Å². The highest BCUT2D eigenvalue weighted by molar-refractivity contribution is 5.86. The molecule has 1 aliphatic rings. The minimum Gasteiger partial charge on any atom is -0.480 e. The Bertz CT molecular complexity index is 364. The van der Waals surface area contributed by atoms with Gasteiger partial charge in [0.25, 0.3) is 0 Å². The number of methoxy groups -OCH3 is 1. The number of hydrogen-bond donors (Lipinski definition) is 3. The minimum absolute atomic E-state index is 0.112. The second-order valence-corrected chi connectivity index (χ2v) is 6.21. The van der Waals surface area contributed by atoms with Gasteiger partial charge < -0.3 is 25.2 Å². The number of hydrogen-bond acceptors (Lipinski definition) is 4. The van der Waals surface area contributed by atoms with Gasteiger partial charge in [0, 0.05) is 46.3 Å². The predicted molar refractivity (Wildman–Crippen MR) is 77.2 cm³/mol. The summed E-state index contributed by atoms with van der Waals surface area (Å²) in [4.78, 5) is 23.4. The van der Waals surface area contributed by atoms with Gasteiger partial charge in [-0.05, 0) is 11.8 Å². The van der Waals surface area contributed by atoms with Crippen LogP contribution in [0, 0.1) is 5.41 Å². The maximum atomic E-state index is 12.0. The minimum atomic E-state index is -1.22. The Balaban J connectivity index is 2.49. The van der Waals surface area contributed by atoms with Gasteiger partial charge in [0.1, 0.15) is 5.54 Å². The largest absolute Gasteiger partial charge is 0.480 e. The lowest BCUT2D eigenvalue weighted by Crippen LogP contribution is -2.60. The average Bonchev–Trinajstić information content (AvgIpc) is 2.44. The molecule has 7 heteroatoms.